The molecule has 0 saturated carbocycles. The maximum absolute atomic E-state index is 12.6. The molecule has 3 N–H and O–H groups in total. The van der Waals surface area contributed by atoms with Crippen LogP contribution in [0.1, 0.15) is 367 Å². The lowest BCUT2D eigenvalue weighted by atomic mass is 10.0. The Morgan fingerprint density at radius 3 is 1.03 bits per heavy atom. The van der Waals surface area contributed by atoms with E-state index in [0.29, 0.717) is 25.9 Å². The topological polar surface area (TPSA) is 95.9 Å². The molecular weight excluding hydrogens is 947 g/mol. The second-order valence-corrected chi connectivity index (χ2v) is 23.5. The van der Waals surface area contributed by atoms with Gasteiger partial charge in [0.25, 0.3) is 0 Å². The summed E-state index contributed by atoms with van der Waals surface area (Å²) in [6.07, 6.45) is 85.9. The van der Waals surface area contributed by atoms with Crippen molar-refractivity contribution in [2.75, 3.05) is 13.2 Å². The summed E-state index contributed by atoms with van der Waals surface area (Å²) in [5.74, 6) is -0.0859. The van der Waals surface area contributed by atoms with Crippen molar-refractivity contribution < 1.29 is 24.5 Å². The Bertz CT molecular complexity index is 1290. The van der Waals surface area contributed by atoms with Crippen LogP contribution in [0.2, 0.25) is 0 Å². The first-order valence-corrected chi connectivity index (χ1v) is 34.4. The Morgan fingerprint density at radius 1 is 0.364 bits per heavy atom. The molecule has 6 heteroatoms. The number of amides is 1. The number of allylic oxidation sites excluding steroid dienone is 7. The molecule has 0 aliphatic heterocycles. The molecule has 0 fully saturated rings. The van der Waals surface area contributed by atoms with Crippen molar-refractivity contribution in [3.8, 4) is 0 Å². The standard InChI is InChI=1S/C71H133NO5/c1-3-5-7-9-11-13-15-17-19-20-21-22-23-24-25-27-30-33-36-39-43-47-51-55-59-63-69(74)68(67-73)72-70(75)64-60-56-52-48-44-40-37-34-31-28-26-29-32-35-38-42-46-50-54-58-62-66-77-71(76)65-61-57-53-49-45-41-18-16-14-12-10-8-6-4-2/h10,12,16,18,42,46,54,58,68-69,73-74H,3-9,11,13-15,17,19-41,43-45,47-53,55-57,59-67H2,1-2H3,(H,72,75)/b12-10-,18-16-,46-42-,58-54-. The molecule has 77 heavy (non-hydrogen) atoms. The summed E-state index contributed by atoms with van der Waals surface area (Å²) in [6.45, 7) is 4.82. The van der Waals surface area contributed by atoms with Crippen LogP contribution in [0, 0.1) is 0 Å². The van der Waals surface area contributed by atoms with Crippen LogP contribution in [0.25, 0.3) is 0 Å². The summed E-state index contributed by atoms with van der Waals surface area (Å²) < 4.78 is 5.41. The normalized spacial score (nSPS) is 12.8. The number of carbonyl (C=O) groups is 2. The summed E-state index contributed by atoms with van der Waals surface area (Å²) >= 11 is 0. The summed E-state index contributed by atoms with van der Waals surface area (Å²) in [4.78, 5) is 24.6. The molecule has 0 aromatic carbocycles. The number of unbranched alkanes of at least 4 members (excludes halogenated alkanes) is 45. The van der Waals surface area contributed by atoms with Gasteiger partial charge in [0, 0.05) is 12.8 Å². The molecule has 0 bridgehead atoms. The third-order valence-corrected chi connectivity index (χ3v) is 15.9. The Hall–Kier alpha value is -2.18. The van der Waals surface area contributed by atoms with E-state index in [2.05, 4.69) is 67.8 Å². The number of hydrogen-bond donors (Lipinski definition) is 3. The minimum atomic E-state index is -0.671. The number of ether oxygens (including phenoxy) is 1. The van der Waals surface area contributed by atoms with E-state index in [1.165, 1.54) is 270 Å². The molecule has 2 atom stereocenters. The van der Waals surface area contributed by atoms with E-state index in [1.807, 2.05) is 0 Å². The molecule has 0 spiro atoms. The number of esters is 1. The van der Waals surface area contributed by atoms with E-state index in [0.717, 1.165) is 64.2 Å². The van der Waals surface area contributed by atoms with Gasteiger partial charge < -0.3 is 20.3 Å². The Kier molecular flexibility index (Phi) is 64.5. The van der Waals surface area contributed by atoms with E-state index in [-0.39, 0.29) is 18.5 Å². The van der Waals surface area contributed by atoms with Gasteiger partial charge in [-0.2, -0.15) is 0 Å². The molecule has 0 aliphatic rings. The average Bonchev–Trinajstić information content (AvgIpc) is 3.43. The highest BCUT2D eigenvalue weighted by Crippen LogP contribution is 2.18. The van der Waals surface area contributed by atoms with Crippen LogP contribution in [0.4, 0.5) is 0 Å². The van der Waals surface area contributed by atoms with Gasteiger partial charge in [0.05, 0.1) is 25.4 Å². The van der Waals surface area contributed by atoms with Gasteiger partial charge in [0.1, 0.15) is 0 Å². The van der Waals surface area contributed by atoms with Crippen LogP contribution in [0.15, 0.2) is 48.6 Å². The first-order chi connectivity index (χ1) is 38.0. The van der Waals surface area contributed by atoms with Crippen LogP contribution >= 0.6 is 0 Å². The molecule has 0 aromatic heterocycles. The highest BCUT2D eigenvalue weighted by atomic mass is 16.5. The summed E-state index contributed by atoms with van der Waals surface area (Å²) in [7, 11) is 0. The van der Waals surface area contributed by atoms with Crippen molar-refractivity contribution in [1.29, 1.82) is 0 Å². The molecule has 452 valence electrons. The van der Waals surface area contributed by atoms with Crippen molar-refractivity contribution in [2.45, 2.75) is 379 Å². The number of aliphatic hydroxyl groups is 2. The molecule has 0 saturated heterocycles. The van der Waals surface area contributed by atoms with Crippen LogP contribution in [0.3, 0.4) is 0 Å². The number of nitrogens with one attached hydrogen (secondary N) is 1. The smallest absolute Gasteiger partial charge is 0.305 e. The van der Waals surface area contributed by atoms with Gasteiger partial charge in [-0.15, -0.1) is 0 Å². The van der Waals surface area contributed by atoms with Crippen molar-refractivity contribution in [1.82, 2.24) is 5.32 Å². The summed E-state index contributed by atoms with van der Waals surface area (Å²) in [5, 5.41) is 23.4. The number of aliphatic hydroxyl groups excluding tert-OH is 2. The van der Waals surface area contributed by atoms with E-state index in [9.17, 15) is 19.8 Å². The van der Waals surface area contributed by atoms with E-state index < -0.39 is 12.1 Å². The predicted octanol–water partition coefficient (Wildman–Crippen LogP) is 22.1. The van der Waals surface area contributed by atoms with Gasteiger partial charge in [-0.1, -0.05) is 332 Å². The SMILES string of the molecule is CCCC/C=C\C/C=C\CCCCCCCC(=O)OCC/C=C\C/C=C\CCCCCCCCCCCCCCCCC(=O)NC(CO)C(O)CCCCCCCCCCCCCCCCCCCCCCCCCCC. The van der Waals surface area contributed by atoms with Gasteiger partial charge in [0.2, 0.25) is 5.91 Å². The predicted molar refractivity (Wildman–Crippen MR) is 338 cm³/mol. The number of rotatable bonds is 64. The lowest BCUT2D eigenvalue weighted by Crippen LogP contribution is -2.45. The number of hydrogen-bond acceptors (Lipinski definition) is 5. The second-order valence-electron chi connectivity index (χ2n) is 23.5. The van der Waals surface area contributed by atoms with Crippen molar-refractivity contribution in [2.24, 2.45) is 0 Å². The molecule has 6 nitrogen and oxygen atoms in total. The van der Waals surface area contributed by atoms with Gasteiger partial charge in [-0.3, -0.25) is 9.59 Å². The van der Waals surface area contributed by atoms with E-state index in [1.54, 1.807) is 0 Å². The van der Waals surface area contributed by atoms with Gasteiger partial charge in [-0.25, -0.2) is 0 Å². The lowest BCUT2D eigenvalue weighted by molar-refractivity contribution is -0.143. The molecule has 0 radical (unpaired) electrons. The highest BCUT2D eigenvalue weighted by Gasteiger charge is 2.20. The molecule has 1 amide bonds. The Morgan fingerprint density at radius 2 is 0.662 bits per heavy atom. The van der Waals surface area contributed by atoms with Crippen LogP contribution < -0.4 is 5.32 Å². The summed E-state index contributed by atoms with van der Waals surface area (Å²) in [5.41, 5.74) is 0. The maximum Gasteiger partial charge on any atom is 0.305 e. The second kappa shape index (κ2) is 66.3. The fraction of sp³-hybridized carbons (Fsp3) is 0.859. The zero-order valence-electron chi connectivity index (χ0n) is 51.7. The maximum atomic E-state index is 12.6. The van der Waals surface area contributed by atoms with Crippen LogP contribution in [0.5, 0.6) is 0 Å². The molecular formula is C71H133NO5. The Balaban J connectivity index is 3.45. The number of carbonyl (C=O) groups excluding carboxylic acids is 2. The minimum absolute atomic E-state index is 0.0364. The molecule has 0 aliphatic carbocycles. The highest BCUT2D eigenvalue weighted by molar-refractivity contribution is 5.76. The lowest BCUT2D eigenvalue weighted by Gasteiger charge is -2.22. The van der Waals surface area contributed by atoms with Gasteiger partial charge in [-0.05, 0) is 70.6 Å². The van der Waals surface area contributed by atoms with E-state index >= 15 is 0 Å². The molecule has 2 unspecified atom stereocenters. The van der Waals surface area contributed by atoms with Gasteiger partial charge in [0.15, 0.2) is 0 Å². The van der Waals surface area contributed by atoms with Crippen molar-refractivity contribution in [3.63, 3.8) is 0 Å². The monoisotopic (exact) mass is 1080 g/mol. The third-order valence-electron chi connectivity index (χ3n) is 15.9. The summed E-state index contributed by atoms with van der Waals surface area (Å²) in [6, 6.07) is -0.548. The minimum Gasteiger partial charge on any atom is -0.465 e. The van der Waals surface area contributed by atoms with E-state index in [4.69, 9.17) is 4.74 Å². The fourth-order valence-corrected chi connectivity index (χ4v) is 10.6. The van der Waals surface area contributed by atoms with Crippen molar-refractivity contribution >= 4 is 11.9 Å². The molecule has 0 aromatic rings. The van der Waals surface area contributed by atoms with Crippen molar-refractivity contribution in [3.05, 3.63) is 48.6 Å². The van der Waals surface area contributed by atoms with Crippen LogP contribution in [-0.2, 0) is 14.3 Å². The fourth-order valence-electron chi connectivity index (χ4n) is 10.6. The third kappa shape index (κ3) is 62.9. The first kappa shape index (κ1) is 74.8. The van der Waals surface area contributed by atoms with Crippen LogP contribution in [-0.4, -0.2) is 47.4 Å². The molecule has 0 heterocycles. The average molecular weight is 1080 g/mol. The largest absolute Gasteiger partial charge is 0.465 e. The quantitative estimate of drug-likeness (QED) is 0.0320. The molecule has 0 rings (SSSR count). The Labute approximate surface area is 480 Å². The first-order valence-electron chi connectivity index (χ1n) is 34.4. The zero-order chi connectivity index (χ0) is 55.7. The van der Waals surface area contributed by atoms with Gasteiger partial charge >= 0.3 is 5.97 Å². The zero-order valence-corrected chi connectivity index (χ0v) is 51.7.